The van der Waals surface area contributed by atoms with Crippen molar-refractivity contribution in [3.05, 3.63) is 0 Å². The van der Waals surface area contributed by atoms with Crippen molar-refractivity contribution in [2.75, 3.05) is 0 Å². The van der Waals surface area contributed by atoms with E-state index in [9.17, 15) is 0 Å². The summed E-state index contributed by atoms with van der Waals surface area (Å²) in [6, 6.07) is 0. The zero-order valence-electron chi connectivity index (χ0n) is 2.38. The maximum atomic E-state index is 4.13. The van der Waals surface area contributed by atoms with Gasteiger partial charge in [-0.25, -0.2) is 0 Å². The average Bonchev–Trinajstić information content (AvgIpc) is 1.41. The molecule has 0 aromatic heterocycles. The monoisotopic (exact) mass is 294 g/mol. The molecular weight excluding hydrogens is 292 g/mol. The summed E-state index contributed by atoms with van der Waals surface area (Å²) >= 11 is 1.25. The van der Waals surface area contributed by atoms with Gasteiger partial charge in [0.05, 0.1) is 0 Å². The Hall–Kier alpha value is 1.52. The van der Waals surface area contributed by atoms with Crippen molar-refractivity contribution >= 4 is 46.9 Å². The van der Waals surface area contributed by atoms with E-state index >= 15 is 0 Å². The number of hydrogen-bond donors (Lipinski definition) is 0. The molecule has 0 spiro atoms. The predicted molar refractivity (Wildman–Crippen MR) is 20.3 cm³/mol. The van der Waals surface area contributed by atoms with E-state index in [2.05, 4.69) is 11.4 Å². The van der Waals surface area contributed by atoms with Gasteiger partial charge in [0.1, 0.15) is 0 Å². The summed E-state index contributed by atoms with van der Waals surface area (Å²) in [5.41, 5.74) is 0. The zero-order valence-corrected chi connectivity index (χ0v) is 8.97. The van der Waals surface area contributed by atoms with Crippen LogP contribution in [0.25, 0.3) is 0 Å². The van der Waals surface area contributed by atoms with Gasteiger partial charge >= 0.3 is 58.3 Å². The maximum absolute atomic E-state index is 4.13. The van der Waals surface area contributed by atoms with Gasteiger partial charge in [-0.3, -0.25) is 0 Å². The first-order chi connectivity index (χ1) is 2.41. The first-order valence-electron chi connectivity index (χ1n) is 0.805. The second-order valence-electron chi connectivity index (χ2n) is 0.260. The van der Waals surface area contributed by atoms with Crippen molar-refractivity contribution in [3.63, 3.8) is 0 Å². The second-order valence-corrected chi connectivity index (χ2v) is 1.36. The van der Waals surface area contributed by atoms with Gasteiger partial charge in [-0.05, 0) is 0 Å². The fraction of sp³-hybridized carbons (Fsp3) is 0. The molecule has 0 rings (SSSR count). The van der Waals surface area contributed by atoms with Crippen LogP contribution in [0.15, 0.2) is 0 Å². The zero-order chi connectivity index (χ0) is 4.12. The molecule has 0 fully saturated rings. The Balaban J connectivity index is 2.19. The summed E-state index contributed by atoms with van der Waals surface area (Å²) < 4.78 is 8.26. The van der Waals surface area contributed by atoms with Crippen molar-refractivity contribution < 1.29 is 11.4 Å². The van der Waals surface area contributed by atoms with E-state index in [1.54, 1.807) is 0 Å². The average molecular weight is 296 g/mol. The van der Waals surface area contributed by atoms with E-state index in [1.165, 1.54) is 0 Å². The van der Waals surface area contributed by atoms with Crippen LogP contribution in [0.3, 0.4) is 0 Å². The van der Waals surface area contributed by atoms with Gasteiger partial charge in [-0.15, -0.1) is 0 Å². The molecule has 0 saturated carbocycles. The van der Waals surface area contributed by atoms with E-state index in [0.717, 1.165) is 0 Å². The summed E-state index contributed by atoms with van der Waals surface area (Å²) in [5.74, 6) is 0. The van der Waals surface area contributed by atoms with E-state index in [4.69, 9.17) is 0 Å². The number of rotatable bonds is 2. The Morgan fingerprint density at radius 1 is 1.00 bits per heavy atom. The molecule has 0 aliphatic rings. The molecule has 0 amide bonds. The molecule has 32 valence electrons. The van der Waals surface area contributed by atoms with Crippen molar-refractivity contribution in [1.82, 2.24) is 0 Å². The molecule has 0 aromatic carbocycles. The van der Waals surface area contributed by atoms with Crippen molar-refractivity contribution in [1.29, 1.82) is 0 Å². The van der Waals surface area contributed by atoms with Crippen LogP contribution in [0.5, 0.6) is 0 Å². The van der Waals surface area contributed by atoms with Crippen molar-refractivity contribution in [2.45, 2.75) is 0 Å². The summed E-state index contributed by atoms with van der Waals surface area (Å²) in [6.07, 6.45) is 0. The third kappa shape index (κ3) is 5.52. The Kier molecular flexibility index (Phi) is 7.19. The fourth-order valence-electron chi connectivity index (χ4n) is 0.0227. The minimum absolute atomic E-state index is 0.624. The minimum atomic E-state index is 0.624. The standard InChI is InChI=1S/H2O3.2Sb.4H/c1-3-2;;;;;;/h1-2H;;;;;;/q;2*+1;;;;/p-2. The third-order valence-corrected chi connectivity index (χ3v) is 0.527. The third-order valence-electron chi connectivity index (χ3n) is 0.0786. The molecule has 5 heteroatoms. The van der Waals surface area contributed by atoms with Crippen LogP contribution < -0.4 is 0 Å². The van der Waals surface area contributed by atoms with Gasteiger partial charge in [-0.1, -0.05) is 0 Å². The second kappa shape index (κ2) is 5.52. The molecule has 0 radical (unpaired) electrons. The summed E-state index contributed by atoms with van der Waals surface area (Å²) in [6.45, 7) is 0. The van der Waals surface area contributed by atoms with Crippen LogP contribution in [0.4, 0.5) is 0 Å². The van der Waals surface area contributed by atoms with Crippen LogP contribution in [-0.4, -0.2) is 46.9 Å². The molecular formula is H4O3Sb2. The topological polar surface area (TPSA) is 27.7 Å². The SMILES string of the molecule is [SbH2][O]O[O][SbH2]. The molecule has 0 N–H and O–H groups in total. The molecule has 0 aromatic rings. The summed E-state index contributed by atoms with van der Waals surface area (Å²) in [5, 5.41) is 3.95. The van der Waals surface area contributed by atoms with Crippen molar-refractivity contribution in [3.8, 4) is 0 Å². The number of hydrogen-bond acceptors (Lipinski definition) is 3. The van der Waals surface area contributed by atoms with Gasteiger partial charge < -0.3 is 0 Å². The molecule has 0 unspecified atom stereocenters. The van der Waals surface area contributed by atoms with Gasteiger partial charge in [0.2, 0.25) is 0 Å². The van der Waals surface area contributed by atoms with Gasteiger partial charge in [0.25, 0.3) is 0 Å². The van der Waals surface area contributed by atoms with Crippen LogP contribution >= 0.6 is 0 Å². The molecule has 0 aliphatic heterocycles. The van der Waals surface area contributed by atoms with Crippen LogP contribution in [0.2, 0.25) is 0 Å². The Labute approximate surface area is 57.9 Å². The Bertz CT molecular complexity index is 12.4. The van der Waals surface area contributed by atoms with Gasteiger partial charge in [0, 0.05) is 0 Å². The van der Waals surface area contributed by atoms with Gasteiger partial charge in [-0.2, -0.15) is 0 Å². The first-order valence-corrected chi connectivity index (χ1v) is 3.50. The van der Waals surface area contributed by atoms with Gasteiger partial charge in [0.15, 0.2) is 0 Å². The molecule has 0 saturated heterocycles. The molecule has 0 bridgehead atoms. The van der Waals surface area contributed by atoms with Crippen LogP contribution in [0, 0.1) is 0 Å². The molecule has 5 heavy (non-hydrogen) atoms. The Morgan fingerprint density at radius 3 is 1.40 bits per heavy atom. The quantitative estimate of drug-likeness (QED) is 0.334. The fourth-order valence-corrected chi connectivity index (χ4v) is 1.02. The van der Waals surface area contributed by atoms with E-state index in [0.29, 0.717) is 46.9 Å². The normalized spacial score (nSPS) is 8.40. The summed E-state index contributed by atoms with van der Waals surface area (Å²) in [4.78, 5) is 0. The van der Waals surface area contributed by atoms with E-state index < -0.39 is 0 Å². The summed E-state index contributed by atoms with van der Waals surface area (Å²) in [7, 11) is 0. The van der Waals surface area contributed by atoms with Crippen molar-refractivity contribution in [2.24, 2.45) is 0 Å². The molecule has 0 heterocycles. The van der Waals surface area contributed by atoms with E-state index in [-0.39, 0.29) is 0 Å². The van der Waals surface area contributed by atoms with Crippen LogP contribution in [-0.2, 0) is 11.4 Å². The first kappa shape index (κ1) is 6.52. The van der Waals surface area contributed by atoms with Crippen LogP contribution in [0.1, 0.15) is 0 Å². The predicted octanol–water partition coefficient (Wildman–Crippen LogP) is -2.04. The Morgan fingerprint density at radius 2 is 1.40 bits per heavy atom. The molecule has 0 aliphatic carbocycles. The van der Waals surface area contributed by atoms with E-state index in [1.807, 2.05) is 0 Å². The molecule has 0 atom stereocenters. The molecule has 3 nitrogen and oxygen atoms in total.